The van der Waals surface area contributed by atoms with E-state index in [4.69, 9.17) is 25.8 Å². The number of rotatable bonds is 22. The van der Waals surface area contributed by atoms with Gasteiger partial charge in [-0.3, -0.25) is 24.0 Å². The van der Waals surface area contributed by atoms with Crippen LogP contribution in [-0.2, 0) is 33.4 Å². The molecule has 5 rings (SSSR count). The van der Waals surface area contributed by atoms with Crippen molar-refractivity contribution in [3.8, 4) is 5.75 Å². The molecule has 1 atom stereocenters. The standard InChI is InChI=1S/C50H47ClN2O12/c1-2-3-4-5-6-7-8-9-10-11-43(56)53-42(29-46(59)64-48(60)36-17-16-34-14-12-32(30-54)26-37(34)28-36)50(62)65-47-40(23-18-35-15-13-33(31-55)27-41(35)47)49(61)63-45(58)25-24-44(57)52-39-21-19-38(51)20-22-39/h12-28,30-31,42H,2-11,29H2,1H3,(H,52,57)(H,53,56)/b25-24-/t42-/m0/s1. The van der Waals surface area contributed by atoms with Crippen LogP contribution < -0.4 is 15.4 Å². The summed E-state index contributed by atoms with van der Waals surface area (Å²) in [5, 5.41) is 7.13. The van der Waals surface area contributed by atoms with E-state index < -0.39 is 65.4 Å². The van der Waals surface area contributed by atoms with Crippen LogP contribution in [0.3, 0.4) is 0 Å². The van der Waals surface area contributed by atoms with E-state index in [9.17, 15) is 43.2 Å². The number of unbranched alkanes of at least 4 members (excludes halogenated alkanes) is 8. The van der Waals surface area contributed by atoms with Crippen molar-refractivity contribution in [2.75, 3.05) is 5.32 Å². The van der Waals surface area contributed by atoms with Crippen LogP contribution in [-0.4, -0.2) is 60.3 Å². The van der Waals surface area contributed by atoms with Crippen LogP contribution in [0.5, 0.6) is 5.75 Å². The fourth-order valence-electron chi connectivity index (χ4n) is 6.76. The normalized spacial score (nSPS) is 11.4. The second-order valence-corrected chi connectivity index (χ2v) is 15.5. The zero-order chi connectivity index (χ0) is 46.7. The summed E-state index contributed by atoms with van der Waals surface area (Å²) in [6.45, 7) is 2.15. The summed E-state index contributed by atoms with van der Waals surface area (Å²) >= 11 is 5.87. The average molecular weight is 903 g/mol. The average Bonchev–Trinajstić information content (AvgIpc) is 3.30. The Labute approximate surface area is 379 Å². The molecule has 14 nitrogen and oxygen atoms in total. The SMILES string of the molecule is CCCCCCCCCCCC(=O)N[C@@H](CC(=O)OC(=O)c1ccc2ccc(C=O)cc2c1)C(=O)Oc1c(C(=O)OC(=O)/C=C\C(=O)Nc2ccc(Cl)cc2)ccc2ccc(C=O)cc12. The maximum Gasteiger partial charge on any atom is 0.349 e. The van der Waals surface area contributed by atoms with Crippen molar-refractivity contribution in [3.05, 3.63) is 130 Å². The smallest absolute Gasteiger partial charge is 0.349 e. The summed E-state index contributed by atoms with van der Waals surface area (Å²) in [4.78, 5) is 116. The minimum Gasteiger partial charge on any atom is -0.423 e. The number of benzene rings is 5. The lowest BCUT2D eigenvalue weighted by molar-refractivity contribution is -0.146. The Bertz CT molecular complexity index is 2620. The third kappa shape index (κ3) is 14.9. The van der Waals surface area contributed by atoms with E-state index in [1.54, 1.807) is 36.4 Å². The van der Waals surface area contributed by atoms with Crippen molar-refractivity contribution in [2.24, 2.45) is 0 Å². The van der Waals surface area contributed by atoms with Gasteiger partial charge in [0, 0.05) is 45.8 Å². The molecular formula is C50H47ClN2O12. The van der Waals surface area contributed by atoms with Gasteiger partial charge in [-0.15, -0.1) is 0 Å². The number of nitrogens with one attached hydrogen (secondary N) is 2. The van der Waals surface area contributed by atoms with E-state index in [2.05, 4.69) is 17.6 Å². The number of amides is 2. The highest BCUT2D eigenvalue weighted by Gasteiger charge is 2.31. The molecular weight excluding hydrogens is 856 g/mol. The van der Waals surface area contributed by atoms with Crippen molar-refractivity contribution < 1.29 is 57.4 Å². The second-order valence-electron chi connectivity index (χ2n) is 15.1. The lowest BCUT2D eigenvalue weighted by atomic mass is 10.0. The van der Waals surface area contributed by atoms with Gasteiger partial charge in [0.2, 0.25) is 11.8 Å². The van der Waals surface area contributed by atoms with Crippen molar-refractivity contribution in [1.82, 2.24) is 5.32 Å². The molecule has 0 heterocycles. The summed E-state index contributed by atoms with van der Waals surface area (Å²) in [5.41, 5.74) is 0.368. The molecule has 0 spiro atoms. The Balaban J connectivity index is 1.35. The number of halogens is 1. The van der Waals surface area contributed by atoms with Crippen molar-refractivity contribution in [2.45, 2.75) is 83.6 Å². The molecule has 2 N–H and O–H groups in total. The molecule has 0 aliphatic carbocycles. The summed E-state index contributed by atoms with van der Waals surface area (Å²) in [6.07, 6.45) is 10.7. The topological polar surface area (TPSA) is 205 Å². The van der Waals surface area contributed by atoms with Gasteiger partial charge >= 0.3 is 29.8 Å². The Morgan fingerprint density at radius 3 is 1.97 bits per heavy atom. The highest BCUT2D eigenvalue weighted by molar-refractivity contribution is 6.30. The lowest BCUT2D eigenvalue weighted by Crippen LogP contribution is -2.45. The molecule has 0 aliphatic heterocycles. The molecule has 15 heteroatoms. The maximum atomic E-state index is 14.1. The monoisotopic (exact) mass is 902 g/mol. The van der Waals surface area contributed by atoms with Crippen molar-refractivity contribution in [1.29, 1.82) is 0 Å². The number of hydrogen-bond donors (Lipinski definition) is 2. The molecule has 0 fully saturated rings. The van der Waals surface area contributed by atoms with Crippen LogP contribution >= 0.6 is 11.6 Å². The van der Waals surface area contributed by atoms with Gasteiger partial charge in [0.15, 0.2) is 5.75 Å². The largest absolute Gasteiger partial charge is 0.423 e. The number of carbonyl (C=O) groups excluding carboxylic acids is 9. The maximum absolute atomic E-state index is 14.1. The van der Waals surface area contributed by atoms with Crippen LogP contribution in [0.15, 0.2) is 103 Å². The molecule has 0 saturated carbocycles. The molecule has 2 amide bonds. The minimum absolute atomic E-state index is 0.00461. The molecule has 5 aromatic rings. The summed E-state index contributed by atoms with van der Waals surface area (Å²) in [5.74, 6) is -7.92. The molecule has 0 aliphatic rings. The number of hydrogen-bond acceptors (Lipinski definition) is 12. The predicted molar refractivity (Wildman–Crippen MR) is 243 cm³/mol. The van der Waals surface area contributed by atoms with E-state index >= 15 is 0 Å². The Morgan fingerprint density at radius 2 is 1.28 bits per heavy atom. The van der Waals surface area contributed by atoms with Crippen LogP contribution in [0, 0.1) is 0 Å². The van der Waals surface area contributed by atoms with E-state index in [1.165, 1.54) is 67.4 Å². The van der Waals surface area contributed by atoms with Gasteiger partial charge in [0.05, 0.1) is 12.0 Å². The molecule has 0 radical (unpaired) electrons. The second kappa shape index (κ2) is 24.5. The fraction of sp³-hybridized carbons (Fsp3) is 0.260. The summed E-state index contributed by atoms with van der Waals surface area (Å²) < 4.78 is 15.8. The van der Waals surface area contributed by atoms with Gasteiger partial charge in [0.25, 0.3) is 0 Å². The number of carbonyl (C=O) groups is 9. The molecule has 0 unspecified atom stereocenters. The summed E-state index contributed by atoms with van der Waals surface area (Å²) in [7, 11) is 0. The zero-order valence-electron chi connectivity index (χ0n) is 35.6. The minimum atomic E-state index is -1.76. The van der Waals surface area contributed by atoms with Gasteiger partial charge in [-0.2, -0.15) is 0 Å². The van der Waals surface area contributed by atoms with Gasteiger partial charge < -0.3 is 24.8 Å². The van der Waals surface area contributed by atoms with Gasteiger partial charge in [0.1, 0.15) is 24.2 Å². The quantitative estimate of drug-likeness (QED) is 0.0167. The van der Waals surface area contributed by atoms with Gasteiger partial charge in [-0.05, 0) is 77.2 Å². The van der Waals surface area contributed by atoms with Crippen LogP contribution in [0.25, 0.3) is 21.5 Å². The first-order valence-corrected chi connectivity index (χ1v) is 21.5. The highest BCUT2D eigenvalue weighted by Crippen LogP contribution is 2.32. The van der Waals surface area contributed by atoms with E-state index in [0.29, 0.717) is 57.5 Å². The number of anilines is 1. The number of aldehydes is 2. The van der Waals surface area contributed by atoms with E-state index in [1.807, 2.05) is 0 Å². The molecule has 5 aromatic carbocycles. The van der Waals surface area contributed by atoms with E-state index in [0.717, 1.165) is 44.6 Å². The molecule has 0 aromatic heterocycles. The van der Waals surface area contributed by atoms with Crippen LogP contribution in [0.1, 0.15) is 119 Å². The first-order valence-electron chi connectivity index (χ1n) is 21.1. The molecule has 0 bridgehead atoms. The summed E-state index contributed by atoms with van der Waals surface area (Å²) in [6, 6.07) is 20.6. The predicted octanol–water partition coefficient (Wildman–Crippen LogP) is 9.23. The third-order valence-electron chi connectivity index (χ3n) is 10.2. The van der Waals surface area contributed by atoms with Crippen molar-refractivity contribution >= 4 is 93.1 Å². The molecule has 65 heavy (non-hydrogen) atoms. The number of fused-ring (bicyclic) bond motifs is 2. The third-order valence-corrected chi connectivity index (χ3v) is 10.4. The number of esters is 5. The molecule has 0 saturated heterocycles. The zero-order valence-corrected chi connectivity index (χ0v) is 36.4. The van der Waals surface area contributed by atoms with Gasteiger partial charge in [-0.1, -0.05) is 106 Å². The lowest BCUT2D eigenvalue weighted by Gasteiger charge is -2.19. The number of ether oxygens (including phenoxy) is 3. The molecule has 336 valence electrons. The van der Waals surface area contributed by atoms with Crippen LogP contribution in [0.2, 0.25) is 5.02 Å². The highest BCUT2D eigenvalue weighted by atomic mass is 35.5. The Hall–Kier alpha value is -7.32. The first kappa shape index (κ1) is 48.7. The first-order chi connectivity index (χ1) is 31.4. The fourth-order valence-corrected chi connectivity index (χ4v) is 6.88. The van der Waals surface area contributed by atoms with Gasteiger partial charge in [-0.25, -0.2) is 19.2 Å². The van der Waals surface area contributed by atoms with Crippen molar-refractivity contribution in [3.63, 3.8) is 0 Å². The Kier molecular flexibility index (Phi) is 18.4. The van der Waals surface area contributed by atoms with E-state index in [-0.39, 0.29) is 22.9 Å². The Morgan fingerprint density at radius 1 is 0.646 bits per heavy atom. The van der Waals surface area contributed by atoms with Crippen LogP contribution in [0.4, 0.5) is 5.69 Å².